The molecule has 8 nitrogen and oxygen atoms in total. The normalized spacial score (nSPS) is 20.0. The molecule has 1 aromatic rings. The number of carbonyl (C=O) groups excluding carboxylic acids is 3. The summed E-state index contributed by atoms with van der Waals surface area (Å²) in [6.45, 7) is 12.5. The van der Waals surface area contributed by atoms with E-state index in [0.717, 1.165) is 24.8 Å². The largest absolute Gasteiger partial charge is 0.444 e. The Hall–Kier alpha value is -2.61. The van der Waals surface area contributed by atoms with Crippen LogP contribution in [0.1, 0.15) is 78.0 Å². The molecular formula is C26H41N3O5. The van der Waals surface area contributed by atoms with Crippen LogP contribution < -0.4 is 10.6 Å². The molecule has 0 saturated heterocycles. The molecule has 1 aliphatic rings. The molecule has 3 N–H and O–H groups in total. The van der Waals surface area contributed by atoms with Crippen LogP contribution in [0.25, 0.3) is 0 Å². The molecule has 1 aliphatic carbocycles. The van der Waals surface area contributed by atoms with Crippen LogP contribution in [0.5, 0.6) is 0 Å². The van der Waals surface area contributed by atoms with E-state index in [0.29, 0.717) is 5.56 Å². The SMILES string of the molecule is CCCC(C)NC(=O)C(c1ccc(C)cc1)N(C(=O)C(CO)NC(=O)OC(C)(C)C)C1CC1C. The second-order valence-electron chi connectivity index (χ2n) is 10.4. The number of rotatable bonds is 10. The Morgan fingerprint density at radius 2 is 1.76 bits per heavy atom. The number of nitrogens with one attached hydrogen (secondary N) is 2. The van der Waals surface area contributed by atoms with Crippen LogP contribution in [0.15, 0.2) is 24.3 Å². The zero-order valence-corrected chi connectivity index (χ0v) is 21.6. The van der Waals surface area contributed by atoms with E-state index in [1.54, 1.807) is 25.7 Å². The van der Waals surface area contributed by atoms with Crippen molar-refractivity contribution in [1.29, 1.82) is 0 Å². The molecule has 190 valence electrons. The Morgan fingerprint density at radius 3 is 2.24 bits per heavy atom. The monoisotopic (exact) mass is 475 g/mol. The fourth-order valence-electron chi connectivity index (χ4n) is 4.00. The highest BCUT2D eigenvalue weighted by atomic mass is 16.6. The molecule has 0 aromatic heterocycles. The maximum atomic E-state index is 13.7. The first-order valence-corrected chi connectivity index (χ1v) is 12.2. The summed E-state index contributed by atoms with van der Waals surface area (Å²) >= 11 is 0. The van der Waals surface area contributed by atoms with Gasteiger partial charge in [-0.25, -0.2) is 4.79 Å². The molecule has 0 aliphatic heterocycles. The Labute approximate surface area is 203 Å². The minimum atomic E-state index is -1.23. The average molecular weight is 476 g/mol. The zero-order valence-electron chi connectivity index (χ0n) is 21.6. The molecule has 8 heteroatoms. The van der Waals surface area contributed by atoms with E-state index in [4.69, 9.17) is 4.74 Å². The van der Waals surface area contributed by atoms with Crippen LogP contribution in [0.2, 0.25) is 0 Å². The molecule has 0 bridgehead atoms. The van der Waals surface area contributed by atoms with E-state index >= 15 is 0 Å². The van der Waals surface area contributed by atoms with Gasteiger partial charge in [0.25, 0.3) is 0 Å². The molecule has 34 heavy (non-hydrogen) atoms. The number of ether oxygens (including phenoxy) is 1. The Morgan fingerprint density at radius 1 is 1.18 bits per heavy atom. The molecule has 3 amide bonds. The maximum absolute atomic E-state index is 13.7. The van der Waals surface area contributed by atoms with Crippen LogP contribution in [0.3, 0.4) is 0 Å². The van der Waals surface area contributed by atoms with Gasteiger partial charge >= 0.3 is 6.09 Å². The van der Waals surface area contributed by atoms with Gasteiger partial charge in [0.15, 0.2) is 0 Å². The third-order valence-electron chi connectivity index (χ3n) is 5.88. The van der Waals surface area contributed by atoms with Gasteiger partial charge < -0.3 is 25.4 Å². The summed E-state index contributed by atoms with van der Waals surface area (Å²) < 4.78 is 5.27. The van der Waals surface area contributed by atoms with Gasteiger partial charge in [0.2, 0.25) is 11.8 Å². The fraction of sp³-hybridized carbons (Fsp3) is 0.654. The van der Waals surface area contributed by atoms with E-state index < -0.39 is 36.3 Å². The van der Waals surface area contributed by atoms with Gasteiger partial charge in [-0.3, -0.25) is 9.59 Å². The minimum Gasteiger partial charge on any atom is -0.444 e. The Kier molecular flexibility index (Phi) is 9.50. The number of alkyl carbamates (subject to hydrolysis) is 1. The van der Waals surface area contributed by atoms with E-state index in [-0.39, 0.29) is 23.9 Å². The zero-order chi connectivity index (χ0) is 25.6. The number of benzene rings is 1. The number of aryl methyl sites for hydroxylation is 1. The van der Waals surface area contributed by atoms with Crippen molar-refractivity contribution in [1.82, 2.24) is 15.5 Å². The topological polar surface area (TPSA) is 108 Å². The molecule has 1 aromatic carbocycles. The predicted molar refractivity (Wildman–Crippen MR) is 131 cm³/mol. The number of carbonyl (C=O) groups is 3. The highest BCUT2D eigenvalue weighted by Crippen LogP contribution is 2.40. The summed E-state index contributed by atoms with van der Waals surface area (Å²) in [4.78, 5) is 41.1. The van der Waals surface area contributed by atoms with Gasteiger partial charge in [-0.2, -0.15) is 0 Å². The molecule has 0 radical (unpaired) electrons. The molecule has 1 saturated carbocycles. The quantitative estimate of drug-likeness (QED) is 0.480. The summed E-state index contributed by atoms with van der Waals surface area (Å²) in [5.41, 5.74) is 0.977. The van der Waals surface area contributed by atoms with E-state index in [9.17, 15) is 19.5 Å². The lowest BCUT2D eigenvalue weighted by atomic mass is 10.0. The highest BCUT2D eigenvalue weighted by molar-refractivity contribution is 5.92. The predicted octanol–water partition coefficient (Wildman–Crippen LogP) is 3.46. The average Bonchev–Trinajstić information content (AvgIpc) is 3.45. The molecule has 0 spiro atoms. The second-order valence-corrected chi connectivity index (χ2v) is 10.4. The second kappa shape index (κ2) is 11.7. The Bertz CT molecular complexity index is 849. The van der Waals surface area contributed by atoms with Crippen LogP contribution in [0, 0.1) is 12.8 Å². The number of aliphatic hydroxyl groups excluding tert-OH is 1. The number of hydrogen-bond acceptors (Lipinski definition) is 5. The number of nitrogens with zero attached hydrogens (tertiary/aromatic N) is 1. The van der Waals surface area contributed by atoms with Crippen molar-refractivity contribution in [3.8, 4) is 0 Å². The number of aliphatic hydroxyl groups is 1. The lowest BCUT2D eigenvalue weighted by Crippen LogP contribution is -2.55. The first-order valence-electron chi connectivity index (χ1n) is 12.2. The molecule has 5 unspecified atom stereocenters. The lowest BCUT2D eigenvalue weighted by molar-refractivity contribution is -0.144. The van der Waals surface area contributed by atoms with Gasteiger partial charge in [-0.1, -0.05) is 50.1 Å². The number of amides is 3. The van der Waals surface area contributed by atoms with Gasteiger partial charge in [0, 0.05) is 12.1 Å². The van der Waals surface area contributed by atoms with Crippen LogP contribution in [-0.4, -0.2) is 58.2 Å². The molecule has 0 heterocycles. The van der Waals surface area contributed by atoms with Crippen molar-refractivity contribution in [2.24, 2.45) is 5.92 Å². The van der Waals surface area contributed by atoms with Crippen molar-refractivity contribution < 1.29 is 24.2 Å². The van der Waals surface area contributed by atoms with Crippen molar-refractivity contribution in [2.45, 2.75) is 97.5 Å². The van der Waals surface area contributed by atoms with Crippen molar-refractivity contribution in [3.63, 3.8) is 0 Å². The van der Waals surface area contributed by atoms with Crippen LogP contribution >= 0.6 is 0 Å². The summed E-state index contributed by atoms with van der Waals surface area (Å²) in [5.74, 6) is -0.573. The standard InChI is InChI=1S/C26H41N3O5/c1-8-9-18(4)27-23(31)22(19-12-10-16(2)11-13-19)29(21-14-17(21)3)24(32)20(15-30)28-25(33)34-26(5,6)7/h10-13,17-18,20-22,30H,8-9,14-15H2,1-7H3,(H,27,31)(H,28,33). The third kappa shape index (κ3) is 7.72. The smallest absolute Gasteiger partial charge is 0.408 e. The third-order valence-corrected chi connectivity index (χ3v) is 5.88. The highest BCUT2D eigenvalue weighted by Gasteiger charge is 2.48. The van der Waals surface area contributed by atoms with Crippen LogP contribution in [-0.2, 0) is 14.3 Å². The molecular weight excluding hydrogens is 434 g/mol. The maximum Gasteiger partial charge on any atom is 0.408 e. The summed E-state index contributed by atoms with van der Waals surface area (Å²) in [5, 5.41) is 15.5. The summed E-state index contributed by atoms with van der Waals surface area (Å²) in [6.07, 6.45) is 1.69. The van der Waals surface area contributed by atoms with Crippen molar-refractivity contribution in [3.05, 3.63) is 35.4 Å². The lowest BCUT2D eigenvalue weighted by Gasteiger charge is -2.35. The fourth-order valence-corrected chi connectivity index (χ4v) is 4.00. The van der Waals surface area contributed by atoms with E-state index in [1.165, 1.54) is 0 Å². The first kappa shape index (κ1) is 27.6. The van der Waals surface area contributed by atoms with Gasteiger partial charge in [0.05, 0.1) is 6.61 Å². The minimum absolute atomic E-state index is 0.0486. The van der Waals surface area contributed by atoms with Gasteiger partial charge in [0.1, 0.15) is 17.7 Å². The van der Waals surface area contributed by atoms with Gasteiger partial charge in [-0.05, 0) is 58.9 Å². The molecule has 5 atom stereocenters. The van der Waals surface area contributed by atoms with E-state index in [1.807, 2.05) is 45.0 Å². The first-order chi connectivity index (χ1) is 15.9. The summed E-state index contributed by atoms with van der Waals surface area (Å²) in [7, 11) is 0. The molecule has 1 fully saturated rings. The number of hydrogen-bond donors (Lipinski definition) is 3. The van der Waals surface area contributed by atoms with Crippen LogP contribution in [0.4, 0.5) is 4.79 Å². The Balaban J connectivity index is 2.40. The van der Waals surface area contributed by atoms with Crippen molar-refractivity contribution in [2.75, 3.05) is 6.61 Å². The van der Waals surface area contributed by atoms with Gasteiger partial charge in [-0.15, -0.1) is 0 Å². The van der Waals surface area contributed by atoms with E-state index in [2.05, 4.69) is 17.6 Å². The summed E-state index contributed by atoms with van der Waals surface area (Å²) in [6, 6.07) is 5.21. The van der Waals surface area contributed by atoms with Crippen molar-refractivity contribution >= 4 is 17.9 Å². The molecule has 2 rings (SSSR count).